The van der Waals surface area contributed by atoms with Gasteiger partial charge in [0, 0.05) is 6.92 Å². The molecule has 0 bridgehead atoms. The Balaban J connectivity index is 2.46. The van der Waals surface area contributed by atoms with Crippen LogP contribution >= 0.6 is 34.8 Å². The molecule has 1 atom stereocenters. The average molecular weight is 281 g/mol. The molecule has 0 radical (unpaired) electrons. The normalized spacial score (nSPS) is 19.2. The number of carbonyl (C=O) groups excluding carboxylic acids is 1. The Kier molecular flexibility index (Phi) is 2.95. The van der Waals surface area contributed by atoms with E-state index in [-0.39, 0.29) is 5.91 Å². The molecule has 16 heavy (non-hydrogen) atoms. The number of rotatable bonds is 0. The Morgan fingerprint density at radius 2 is 2.00 bits per heavy atom. The fraction of sp³-hybridized carbons (Fsp3) is 0.300. The van der Waals surface area contributed by atoms with Gasteiger partial charge in [0.05, 0.1) is 5.69 Å². The first-order valence-electron chi connectivity index (χ1n) is 4.53. The van der Waals surface area contributed by atoms with Crippen LogP contribution in [-0.4, -0.2) is 15.9 Å². The number of halogens is 3. The number of hydrogen-bond acceptors (Lipinski definition) is 2. The van der Waals surface area contributed by atoms with E-state index >= 15 is 0 Å². The van der Waals surface area contributed by atoms with Crippen molar-refractivity contribution in [3.8, 4) is 5.75 Å². The van der Waals surface area contributed by atoms with Crippen LogP contribution in [0.15, 0.2) is 24.3 Å². The highest BCUT2D eigenvalue weighted by Gasteiger charge is 2.46. The molecule has 1 aromatic rings. The van der Waals surface area contributed by atoms with Gasteiger partial charge >= 0.3 is 0 Å². The summed E-state index contributed by atoms with van der Waals surface area (Å²) in [6.07, 6.45) is -0.924. The van der Waals surface area contributed by atoms with Gasteiger partial charge in [0.2, 0.25) is 15.9 Å². The number of ether oxygens (including phenoxy) is 1. The Bertz CT molecular complexity index is 430. The maximum absolute atomic E-state index is 11.5. The topological polar surface area (TPSA) is 29.5 Å². The fourth-order valence-electron chi connectivity index (χ4n) is 1.60. The molecule has 0 aliphatic carbocycles. The van der Waals surface area contributed by atoms with E-state index in [0.717, 1.165) is 0 Å². The molecule has 2 rings (SSSR count). The highest BCUT2D eigenvalue weighted by atomic mass is 35.6. The van der Waals surface area contributed by atoms with E-state index in [1.165, 1.54) is 11.8 Å². The zero-order valence-corrected chi connectivity index (χ0v) is 10.6. The van der Waals surface area contributed by atoms with E-state index in [2.05, 4.69) is 0 Å². The minimum Gasteiger partial charge on any atom is -0.463 e. The summed E-state index contributed by atoms with van der Waals surface area (Å²) in [6, 6.07) is 7.05. The molecule has 1 aliphatic heterocycles. The lowest BCUT2D eigenvalue weighted by molar-refractivity contribution is -0.117. The SMILES string of the molecule is CC(=O)N1c2ccccc2OC1C(Cl)(Cl)Cl. The molecular weight excluding hydrogens is 272 g/mol. The van der Waals surface area contributed by atoms with Gasteiger partial charge in [-0.3, -0.25) is 9.69 Å². The molecule has 1 aromatic carbocycles. The van der Waals surface area contributed by atoms with Crippen LogP contribution in [0.4, 0.5) is 5.69 Å². The highest BCUT2D eigenvalue weighted by molar-refractivity contribution is 6.68. The summed E-state index contributed by atoms with van der Waals surface area (Å²) < 4.78 is 3.76. The first-order chi connectivity index (χ1) is 7.41. The lowest BCUT2D eigenvalue weighted by Gasteiger charge is -2.27. The quantitative estimate of drug-likeness (QED) is 0.683. The molecule has 0 aromatic heterocycles. The fourth-order valence-corrected chi connectivity index (χ4v) is 2.03. The van der Waals surface area contributed by atoms with Crippen molar-refractivity contribution in [3.05, 3.63) is 24.3 Å². The standard InChI is InChI=1S/C10H8Cl3NO2/c1-6(15)14-7-4-2-3-5-8(7)16-9(14)10(11,12)13/h2-5,9H,1H3. The van der Waals surface area contributed by atoms with Crippen molar-refractivity contribution < 1.29 is 9.53 Å². The van der Waals surface area contributed by atoms with Crippen LogP contribution in [0.25, 0.3) is 0 Å². The van der Waals surface area contributed by atoms with Gasteiger partial charge in [0.15, 0.2) is 0 Å². The van der Waals surface area contributed by atoms with Crippen molar-refractivity contribution in [2.75, 3.05) is 4.90 Å². The largest absolute Gasteiger partial charge is 0.463 e. The molecule has 1 unspecified atom stereocenters. The summed E-state index contributed by atoms with van der Waals surface area (Å²) in [5, 5.41) is 0. The van der Waals surface area contributed by atoms with Crippen LogP contribution in [0.3, 0.4) is 0 Å². The van der Waals surface area contributed by atoms with Crippen LogP contribution in [0.5, 0.6) is 5.75 Å². The summed E-state index contributed by atoms with van der Waals surface area (Å²) in [6.45, 7) is 1.40. The van der Waals surface area contributed by atoms with E-state index in [9.17, 15) is 4.79 Å². The van der Waals surface area contributed by atoms with Gasteiger partial charge in [0.25, 0.3) is 0 Å². The zero-order valence-electron chi connectivity index (χ0n) is 8.28. The maximum Gasteiger partial charge on any atom is 0.246 e. The Labute approximate surface area is 108 Å². The number of anilines is 1. The van der Waals surface area contributed by atoms with Crippen molar-refractivity contribution in [2.24, 2.45) is 0 Å². The number of fused-ring (bicyclic) bond motifs is 1. The Hall–Kier alpha value is -0.640. The van der Waals surface area contributed by atoms with Gasteiger partial charge in [-0.1, -0.05) is 46.9 Å². The summed E-state index contributed by atoms with van der Waals surface area (Å²) in [5.41, 5.74) is 0.617. The number of hydrogen-bond donors (Lipinski definition) is 0. The summed E-state index contributed by atoms with van der Waals surface area (Å²) in [5.74, 6) is 0.301. The number of nitrogens with zero attached hydrogens (tertiary/aromatic N) is 1. The van der Waals surface area contributed by atoms with Crippen molar-refractivity contribution in [1.29, 1.82) is 0 Å². The molecule has 0 saturated heterocycles. The Morgan fingerprint density at radius 3 is 2.56 bits per heavy atom. The molecule has 0 spiro atoms. The van der Waals surface area contributed by atoms with Gasteiger partial charge in [-0.15, -0.1) is 0 Å². The number of amides is 1. The van der Waals surface area contributed by atoms with Crippen molar-refractivity contribution in [1.82, 2.24) is 0 Å². The molecule has 1 amide bonds. The van der Waals surface area contributed by atoms with Gasteiger partial charge in [-0.25, -0.2) is 0 Å². The second kappa shape index (κ2) is 3.99. The molecule has 1 aliphatic rings. The van der Waals surface area contributed by atoms with Crippen LogP contribution in [-0.2, 0) is 4.79 Å². The second-order valence-corrected chi connectivity index (χ2v) is 5.74. The monoisotopic (exact) mass is 279 g/mol. The van der Waals surface area contributed by atoms with Crippen LogP contribution in [0, 0.1) is 0 Å². The van der Waals surface area contributed by atoms with Crippen molar-refractivity contribution in [2.45, 2.75) is 16.9 Å². The lowest BCUT2D eigenvalue weighted by atomic mass is 10.3. The van der Waals surface area contributed by atoms with Crippen LogP contribution in [0.1, 0.15) is 6.92 Å². The minimum absolute atomic E-state index is 0.235. The molecule has 86 valence electrons. The van der Waals surface area contributed by atoms with Gasteiger partial charge < -0.3 is 4.74 Å². The molecule has 1 heterocycles. The van der Waals surface area contributed by atoms with E-state index in [4.69, 9.17) is 39.5 Å². The average Bonchev–Trinajstić information content (AvgIpc) is 2.55. The molecule has 0 N–H and O–H groups in total. The van der Waals surface area contributed by atoms with Crippen molar-refractivity contribution >= 4 is 46.4 Å². The van der Waals surface area contributed by atoms with Gasteiger partial charge in [-0.2, -0.15) is 0 Å². The first kappa shape index (κ1) is 11.8. The number of para-hydroxylation sites is 2. The third kappa shape index (κ3) is 1.95. The Morgan fingerprint density at radius 1 is 1.38 bits per heavy atom. The number of alkyl halides is 3. The predicted molar refractivity (Wildman–Crippen MR) is 64.3 cm³/mol. The number of carbonyl (C=O) groups is 1. The lowest BCUT2D eigenvalue weighted by Crippen LogP contribution is -2.46. The molecule has 0 saturated carbocycles. The third-order valence-corrected chi connectivity index (χ3v) is 2.78. The van der Waals surface area contributed by atoms with E-state index in [1.807, 2.05) is 0 Å². The van der Waals surface area contributed by atoms with E-state index in [0.29, 0.717) is 11.4 Å². The maximum atomic E-state index is 11.5. The van der Waals surface area contributed by atoms with Gasteiger partial charge in [0.1, 0.15) is 5.75 Å². The molecule has 3 nitrogen and oxygen atoms in total. The summed E-state index contributed by atoms with van der Waals surface area (Å²) in [4.78, 5) is 12.9. The minimum atomic E-state index is -1.69. The van der Waals surface area contributed by atoms with Crippen molar-refractivity contribution in [3.63, 3.8) is 0 Å². The smallest absolute Gasteiger partial charge is 0.246 e. The number of benzene rings is 1. The molecule has 0 fully saturated rings. The summed E-state index contributed by atoms with van der Waals surface area (Å²) >= 11 is 17.3. The van der Waals surface area contributed by atoms with Gasteiger partial charge in [-0.05, 0) is 12.1 Å². The predicted octanol–water partition coefficient (Wildman–Crippen LogP) is 3.13. The molecule has 6 heteroatoms. The molecular formula is C10H8Cl3NO2. The summed E-state index contributed by atoms with van der Waals surface area (Å²) in [7, 11) is 0. The first-order valence-corrected chi connectivity index (χ1v) is 5.67. The van der Waals surface area contributed by atoms with E-state index < -0.39 is 10.0 Å². The second-order valence-electron chi connectivity index (χ2n) is 3.37. The zero-order chi connectivity index (χ0) is 11.9. The van der Waals surface area contributed by atoms with Crippen LogP contribution in [0.2, 0.25) is 0 Å². The highest BCUT2D eigenvalue weighted by Crippen LogP contribution is 2.45. The van der Waals surface area contributed by atoms with Crippen LogP contribution < -0.4 is 9.64 Å². The third-order valence-electron chi connectivity index (χ3n) is 2.22. The van der Waals surface area contributed by atoms with E-state index in [1.54, 1.807) is 24.3 Å².